The molecule has 2 fully saturated rings. The molecule has 2 aliphatic heterocycles. The molecule has 1 unspecified atom stereocenters. The zero-order valence-electron chi connectivity index (χ0n) is 18.0. The molecule has 0 radical (unpaired) electrons. The van der Waals surface area contributed by atoms with E-state index in [2.05, 4.69) is 49.2 Å². The zero-order valence-corrected chi connectivity index (χ0v) is 18.0. The van der Waals surface area contributed by atoms with E-state index in [1.807, 2.05) is 17.0 Å². The van der Waals surface area contributed by atoms with Crippen LogP contribution in [0.1, 0.15) is 35.1 Å². The van der Waals surface area contributed by atoms with E-state index < -0.39 is 17.8 Å². The number of methoxy groups -OCH3 is 1. The molecule has 7 nitrogen and oxygen atoms in total. The van der Waals surface area contributed by atoms with Crippen molar-refractivity contribution in [2.75, 3.05) is 13.7 Å². The van der Waals surface area contributed by atoms with Crippen LogP contribution in [-0.4, -0.2) is 41.4 Å². The van der Waals surface area contributed by atoms with Crippen LogP contribution in [0.15, 0.2) is 42.6 Å². The van der Waals surface area contributed by atoms with Gasteiger partial charge in [-0.1, -0.05) is 47.5 Å². The lowest BCUT2D eigenvalue weighted by molar-refractivity contribution is -0.271. The molecule has 3 heterocycles. The number of aromatic nitrogens is 1. The molecular formula is C24H26N2O5. The SMILES string of the molecule is COc1ncccc1CN1CCC(/C=C/c2cc(C)cc(C)c2)CC12OC(=O)C(=O)O2. The van der Waals surface area contributed by atoms with Gasteiger partial charge in [-0.2, -0.15) is 0 Å². The quantitative estimate of drug-likeness (QED) is 0.540. The first kappa shape index (κ1) is 21.1. The summed E-state index contributed by atoms with van der Waals surface area (Å²) in [6.07, 6.45) is 7.04. The Morgan fingerprint density at radius 1 is 1.19 bits per heavy atom. The normalized spacial score (nSPS) is 20.8. The van der Waals surface area contributed by atoms with E-state index in [0.717, 1.165) is 17.5 Å². The molecule has 2 aromatic rings. The molecule has 0 N–H and O–H groups in total. The summed E-state index contributed by atoms with van der Waals surface area (Å²) in [5.74, 6) is -2.74. The van der Waals surface area contributed by atoms with Gasteiger partial charge in [-0.05, 0) is 37.8 Å². The lowest BCUT2D eigenvalue weighted by Crippen LogP contribution is -2.54. The third kappa shape index (κ3) is 4.46. The van der Waals surface area contributed by atoms with Gasteiger partial charge in [0.1, 0.15) is 0 Å². The van der Waals surface area contributed by atoms with E-state index in [-0.39, 0.29) is 5.92 Å². The number of pyridine rings is 1. The van der Waals surface area contributed by atoms with Crippen molar-refractivity contribution < 1.29 is 23.8 Å². The molecule has 1 aromatic carbocycles. The minimum Gasteiger partial charge on any atom is -0.481 e. The molecule has 0 bridgehead atoms. The van der Waals surface area contributed by atoms with Crippen molar-refractivity contribution >= 4 is 18.0 Å². The van der Waals surface area contributed by atoms with Gasteiger partial charge in [-0.3, -0.25) is 0 Å². The van der Waals surface area contributed by atoms with Crippen LogP contribution in [0.3, 0.4) is 0 Å². The standard InChI is InChI=1S/C24H26N2O5/c1-16-11-17(2)13-19(12-16)7-6-18-8-10-26(15-20-5-4-9-25-21(20)29-3)24(14-18)30-22(27)23(28)31-24/h4-7,9,11-13,18H,8,10,14-15H2,1-3H3/b7-6+. The number of piperidine rings is 1. The second-order valence-corrected chi connectivity index (χ2v) is 8.12. The maximum Gasteiger partial charge on any atom is 0.421 e. The smallest absolute Gasteiger partial charge is 0.421 e. The average molecular weight is 422 g/mol. The Kier molecular flexibility index (Phi) is 5.78. The summed E-state index contributed by atoms with van der Waals surface area (Å²) in [7, 11) is 1.56. The summed E-state index contributed by atoms with van der Waals surface area (Å²) in [4.78, 5) is 30.0. The molecule has 0 aliphatic carbocycles. The highest BCUT2D eigenvalue weighted by atomic mass is 16.8. The van der Waals surface area contributed by atoms with Gasteiger partial charge in [0, 0.05) is 31.3 Å². The number of rotatable bonds is 5. The van der Waals surface area contributed by atoms with Crippen LogP contribution in [0.5, 0.6) is 5.88 Å². The van der Waals surface area contributed by atoms with Gasteiger partial charge < -0.3 is 14.2 Å². The Balaban J connectivity index is 1.56. The number of nitrogens with zero attached hydrogens (tertiary/aromatic N) is 2. The maximum atomic E-state index is 12.0. The summed E-state index contributed by atoms with van der Waals surface area (Å²) < 4.78 is 16.3. The fraction of sp³-hybridized carbons (Fsp3) is 0.375. The molecule has 162 valence electrons. The van der Waals surface area contributed by atoms with E-state index in [1.165, 1.54) is 11.1 Å². The highest BCUT2D eigenvalue weighted by Crippen LogP contribution is 2.40. The van der Waals surface area contributed by atoms with Crippen molar-refractivity contribution in [2.45, 2.75) is 39.1 Å². The van der Waals surface area contributed by atoms with E-state index in [9.17, 15) is 9.59 Å². The van der Waals surface area contributed by atoms with E-state index in [0.29, 0.717) is 25.4 Å². The number of ether oxygens (including phenoxy) is 3. The highest BCUT2D eigenvalue weighted by molar-refractivity contribution is 6.31. The fourth-order valence-electron chi connectivity index (χ4n) is 4.31. The number of esters is 2. The van der Waals surface area contributed by atoms with Crippen LogP contribution in [0.2, 0.25) is 0 Å². The summed E-state index contributed by atoms with van der Waals surface area (Å²) >= 11 is 0. The lowest BCUT2D eigenvalue weighted by atomic mass is 9.92. The number of allylic oxidation sites excluding steroid dienone is 1. The van der Waals surface area contributed by atoms with Gasteiger partial charge in [-0.25, -0.2) is 19.5 Å². The van der Waals surface area contributed by atoms with Gasteiger partial charge in [0.15, 0.2) is 0 Å². The van der Waals surface area contributed by atoms with E-state index >= 15 is 0 Å². The first-order valence-electron chi connectivity index (χ1n) is 10.3. The van der Waals surface area contributed by atoms with E-state index in [4.69, 9.17) is 14.2 Å². The third-order valence-corrected chi connectivity index (χ3v) is 5.65. The van der Waals surface area contributed by atoms with Crippen molar-refractivity contribution in [1.82, 2.24) is 9.88 Å². The third-order valence-electron chi connectivity index (χ3n) is 5.65. The predicted octanol–water partition coefficient (Wildman–Crippen LogP) is 3.39. The molecule has 7 heteroatoms. The minimum absolute atomic E-state index is 0.0894. The van der Waals surface area contributed by atoms with Gasteiger partial charge in [0.2, 0.25) is 5.88 Å². The molecule has 2 aliphatic rings. The second-order valence-electron chi connectivity index (χ2n) is 8.12. The molecule has 0 saturated carbocycles. The number of carbonyl (C=O) groups excluding carboxylic acids is 2. The van der Waals surface area contributed by atoms with Crippen LogP contribution in [0.4, 0.5) is 0 Å². The highest BCUT2D eigenvalue weighted by Gasteiger charge is 2.55. The first-order valence-corrected chi connectivity index (χ1v) is 10.3. The Labute approximate surface area is 181 Å². The molecule has 31 heavy (non-hydrogen) atoms. The fourth-order valence-corrected chi connectivity index (χ4v) is 4.31. The summed E-state index contributed by atoms with van der Waals surface area (Å²) in [6.45, 7) is 5.11. The Morgan fingerprint density at radius 3 is 2.58 bits per heavy atom. The lowest BCUT2D eigenvalue weighted by Gasteiger charge is -2.42. The number of likely N-dealkylation sites (tertiary alicyclic amines) is 1. The summed E-state index contributed by atoms with van der Waals surface area (Å²) in [5, 5.41) is 0. The van der Waals surface area contributed by atoms with E-state index in [1.54, 1.807) is 13.3 Å². The summed E-state index contributed by atoms with van der Waals surface area (Å²) in [6, 6.07) is 10.1. The number of aryl methyl sites for hydroxylation is 2. The molecule has 1 spiro atoms. The molecule has 1 atom stereocenters. The monoisotopic (exact) mass is 422 g/mol. The van der Waals surface area contributed by atoms with Gasteiger partial charge in [0.05, 0.1) is 7.11 Å². The largest absolute Gasteiger partial charge is 0.481 e. The average Bonchev–Trinajstić information content (AvgIpc) is 3.01. The van der Waals surface area contributed by atoms with Crippen molar-refractivity contribution in [3.05, 3.63) is 64.9 Å². The predicted molar refractivity (Wildman–Crippen MR) is 114 cm³/mol. The number of benzene rings is 1. The van der Waals surface area contributed by atoms with Gasteiger partial charge in [0.25, 0.3) is 0 Å². The van der Waals surface area contributed by atoms with Crippen molar-refractivity contribution in [2.24, 2.45) is 5.92 Å². The Morgan fingerprint density at radius 2 is 1.90 bits per heavy atom. The van der Waals surface area contributed by atoms with Crippen LogP contribution in [-0.2, 0) is 25.6 Å². The molecule has 4 rings (SSSR count). The van der Waals surface area contributed by atoms with Crippen molar-refractivity contribution in [3.8, 4) is 5.88 Å². The zero-order chi connectivity index (χ0) is 22.0. The summed E-state index contributed by atoms with van der Waals surface area (Å²) in [5.41, 5.74) is 4.35. The Bertz CT molecular complexity index is 996. The van der Waals surface area contributed by atoms with Gasteiger partial charge >= 0.3 is 17.8 Å². The first-order chi connectivity index (χ1) is 14.9. The van der Waals surface area contributed by atoms with Crippen molar-refractivity contribution in [1.29, 1.82) is 0 Å². The minimum atomic E-state index is -1.41. The molecule has 2 saturated heterocycles. The van der Waals surface area contributed by atoms with Crippen LogP contribution in [0, 0.1) is 19.8 Å². The number of hydrogen-bond acceptors (Lipinski definition) is 7. The second kappa shape index (κ2) is 8.51. The molecule has 1 aromatic heterocycles. The topological polar surface area (TPSA) is 78.0 Å². The van der Waals surface area contributed by atoms with Gasteiger partial charge in [-0.15, -0.1) is 0 Å². The van der Waals surface area contributed by atoms with Crippen LogP contribution < -0.4 is 4.74 Å². The van der Waals surface area contributed by atoms with Crippen molar-refractivity contribution in [3.63, 3.8) is 0 Å². The molecular weight excluding hydrogens is 396 g/mol. The maximum absolute atomic E-state index is 12.0. The molecule has 0 amide bonds. The van der Waals surface area contributed by atoms with Crippen LogP contribution in [0.25, 0.3) is 6.08 Å². The Hall–Kier alpha value is -3.19. The number of hydrogen-bond donors (Lipinski definition) is 0. The van der Waals surface area contributed by atoms with Crippen LogP contribution >= 0.6 is 0 Å². The number of carbonyl (C=O) groups is 2.